The van der Waals surface area contributed by atoms with Gasteiger partial charge in [0.1, 0.15) is 5.82 Å². The van der Waals surface area contributed by atoms with Crippen molar-refractivity contribution in [3.63, 3.8) is 0 Å². The summed E-state index contributed by atoms with van der Waals surface area (Å²) in [7, 11) is 1.89. The summed E-state index contributed by atoms with van der Waals surface area (Å²) in [6.07, 6.45) is 8.44. The van der Waals surface area contributed by atoms with Crippen molar-refractivity contribution in [1.29, 1.82) is 0 Å². The molecular formula is C29H33N7O3. The van der Waals surface area contributed by atoms with Crippen LogP contribution in [0.4, 0.5) is 10.6 Å². The highest BCUT2D eigenvalue weighted by Gasteiger charge is 2.23. The minimum atomic E-state index is -0.974. The van der Waals surface area contributed by atoms with E-state index in [1.165, 1.54) is 0 Å². The third kappa shape index (κ3) is 6.70. The Balaban J connectivity index is 1.25. The summed E-state index contributed by atoms with van der Waals surface area (Å²) in [5, 5.41) is 22.7. The van der Waals surface area contributed by atoms with Crippen molar-refractivity contribution in [3.8, 4) is 11.3 Å². The summed E-state index contributed by atoms with van der Waals surface area (Å²) in [4.78, 5) is 33.4. The van der Waals surface area contributed by atoms with Crippen LogP contribution in [0.1, 0.15) is 41.6 Å². The van der Waals surface area contributed by atoms with E-state index in [1.54, 1.807) is 10.9 Å². The Morgan fingerprint density at radius 1 is 1.00 bits per heavy atom. The number of carbonyl (C=O) groups excluding carboxylic acids is 1. The van der Waals surface area contributed by atoms with Gasteiger partial charge in [0.25, 0.3) is 5.91 Å². The van der Waals surface area contributed by atoms with Crippen molar-refractivity contribution in [2.45, 2.75) is 32.2 Å². The molecule has 10 nitrogen and oxygen atoms in total. The average molecular weight is 528 g/mol. The van der Waals surface area contributed by atoms with E-state index in [2.05, 4.69) is 26.0 Å². The second kappa shape index (κ2) is 11.9. The molecule has 4 aromatic rings. The molecule has 0 aliphatic heterocycles. The molecule has 10 heteroatoms. The molecule has 1 saturated carbocycles. The number of fused-ring (bicyclic) bond motifs is 1. The fourth-order valence-electron chi connectivity index (χ4n) is 5.12. The van der Waals surface area contributed by atoms with Gasteiger partial charge in [-0.1, -0.05) is 18.2 Å². The van der Waals surface area contributed by atoms with E-state index in [-0.39, 0.29) is 5.91 Å². The summed E-state index contributed by atoms with van der Waals surface area (Å²) in [6, 6.07) is 13.4. The molecule has 1 aromatic carbocycles. The molecule has 0 atom stereocenters. The maximum atomic E-state index is 13.4. The van der Waals surface area contributed by atoms with E-state index in [1.807, 2.05) is 61.9 Å². The number of aryl methyl sites for hydroxylation is 1. The Kier molecular flexibility index (Phi) is 8.00. The zero-order valence-electron chi connectivity index (χ0n) is 21.9. The predicted octanol–water partition coefficient (Wildman–Crippen LogP) is 4.45. The zero-order chi connectivity index (χ0) is 27.2. The third-order valence-electron chi connectivity index (χ3n) is 7.31. The summed E-state index contributed by atoms with van der Waals surface area (Å²) in [5.41, 5.74) is 3.93. The van der Waals surface area contributed by atoms with Crippen LogP contribution in [0.25, 0.3) is 22.2 Å². The number of para-hydroxylation sites is 1. The van der Waals surface area contributed by atoms with Gasteiger partial charge in [-0.2, -0.15) is 5.10 Å². The number of rotatable bonds is 9. The molecular weight excluding hydrogens is 494 g/mol. The fraction of sp³-hybridized carbons (Fsp3) is 0.345. The van der Waals surface area contributed by atoms with Crippen molar-refractivity contribution >= 4 is 28.7 Å². The Morgan fingerprint density at radius 2 is 1.74 bits per heavy atom. The Bertz CT molecular complexity index is 1440. The van der Waals surface area contributed by atoms with Crippen LogP contribution in [0.15, 0.2) is 61.1 Å². The second-order valence-corrected chi connectivity index (χ2v) is 10.2. The van der Waals surface area contributed by atoms with Gasteiger partial charge in [0, 0.05) is 55.6 Å². The Labute approximate surface area is 226 Å². The smallest absolute Gasteiger partial charge is 0.404 e. The third-order valence-corrected chi connectivity index (χ3v) is 7.31. The second-order valence-electron chi connectivity index (χ2n) is 10.2. The molecule has 2 amide bonds. The highest BCUT2D eigenvalue weighted by molar-refractivity contribution is 6.07. The van der Waals surface area contributed by atoms with Crippen LogP contribution in [-0.4, -0.2) is 49.9 Å². The first kappa shape index (κ1) is 26.1. The number of hydrogen-bond acceptors (Lipinski definition) is 6. The molecule has 0 radical (unpaired) electrons. The molecule has 202 valence electrons. The van der Waals surface area contributed by atoms with Gasteiger partial charge in [-0.15, -0.1) is 0 Å². The molecule has 5 rings (SSSR count). The molecule has 0 bridgehead atoms. The molecule has 1 aliphatic carbocycles. The van der Waals surface area contributed by atoms with Crippen LogP contribution in [0.5, 0.6) is 0 Å². The van der Waals surface area contributed by atoms with Gasteiger partial charge >= 0.3 is 6.09 Å². The van der Waals surface area contributed by atoms with Crippen LogP contribution in [0, 0.1) is 11.8 Å². The number of benzene rings is 1. The number of pyridine rings is 2. The normalized spacial score (nSPS) is 17.1. The SMILES string of the molecule is Cn1cc(CNc2ccc(-c3cc(C(=O)NCC4CCC(CNC(=O)O)CC4)c4ccccc4n3)cn2)cn1. The van der Waals surface area contributed by atoms with E-state index in [9.17, 15) is 9.59 Å². The molecule has 1 aliphatic rings. The highest BCUT2D eigenvalue weighted by atomic mass is 16.4. The summed E-state index contributed by atoms with van der Waals surface area (Å²) in [6.45, 7) is 1.72. The lowest BCUT2D eigenvalue weighted by molar-refractivity contribution is 0.0942. The number of hydrogen-bond donors (Lipinski definition) is 4. The van der Waals surface area contributed by atoms with Crippen molar-refractivity contribution in [2.75, 3.05) is 18.4 Å². The number of anilines is 1. The molecule has 0 spiro atoms. The maximum Gasteiger partial charge on any atom is 0.404 e. The molecule has 4 N–H and O–H groups in total. The average Bonchev–Trinajstić information content (AvgIpc) is 3.38. The van der Waals surface area contributed by atoms with E-state index in [4.69, 9.17) is 10.1 Å². The topological polar surface area (TPSA) is 134 Å². The highest BCUT2D eigenvalue weighted by Crippen LogP contribution is 2.29. The van der Waals surface area contributed by atoms with Crippen LogP contribution in [0.3, 0.4) is 0 Å². The maximum absolute atomic E-state index is 13.4. The van der Waals surface area contributed by atoms with Crippen LogP contribution in [0.2, 0.25) is 0 Å². The van der Waals surface area contributed by atoms with E-state index < -0.39 is 6.09 Å². The Morgan fingerprint density at radius 3 is 2.41 bits per heavy atom. The first-order valence-electron chi connectivity index (χ1n) is 13.3. The number of nitrogens with zero attached hydrogens (tertiary/aromatic N) is 4. The zero-order valence-corrected chi connectivity index (χ0v) is 21.9. The number of nitrogens with one attached hydrogen (secondary N) is 3. The van der Waals surface area contributed by atoms with Crippen LogP contribution >= 0.6 is 0 Å². The van der Waals surface area contributed by atoms with Gasteiger partial charge in [0.15, 0.2) is 0 Å². The van der Waals surface area contributed by atoms with Crippen molar-refractivity contribution in [3.05, 3.63) is 72.2 Å². The van der Waals surface area contributed by atoms with E-state index in [0.717, 1.165) is 53.5 Å². The largest absolute Gasteiger partial charge is 0.465 e. The number of aromatic nitrogens is 4. The van der Waals surface area contributed by atoms with Gasteiger partial charge in [-0.25, -0.2) is 14.8 Å². The molecule has 0 saturated heterocycles. The molecule has 0 unspecified atom stereocenters. The van der Waals surface area contributed by atoms with Gasteiger partial charge in [-0.3, -0.25) is 9.48 Å². The van der Waals surface area contributed by atoms with E-state index in [0.29, 0.717) is 42.7 Å². The van der Waals surface area contributed by atoms with Gasteiger partial charge in [0.2, 0.25) is 0 Å². The van der Waals surface area contributed by atoms with Crippen molar-refractivity contribution in [1.82, 2.24) is 30.4 Å². The lowest BCUT2D eigenvalue weighted by Crippen LogP contribution is -2.34. The first-order chi connectivity index (χ1) is 18.9. The van der Waals surface area contributed by atoms with Crippen molar-refractivity contribution < 1.29 is 14.7 Å². The summed E-state index contributed by atoms with van der Waals surface area (Å²) >= 11 is 0. The first-order valence-corrected chi connectivity index (χ1v) is 13.3. The van der Waals surface area contributed by atoms with Crippen molar-refractivity contribution in [2.24, 2.45) is 18.9 Å². The van der Waals surface area contributed by atoms with Gasteiger partial charge in [-0.05, 0) is 61.8 Å². The predicted molar refractivity (Wildman–Crippen MR) is 149 cm³/mol. The number of amides is 2. The molecule has 3 heterocycles. The lowest BCUT2D eigenvalue weighted by atomic mass is 9.82. The molecule has 3 aromatic heterocycles. The molecule has 1 fully saturated rings. The minimum Gasteiger partial charge on any atom is -0.465 e. The lowest BCUT2D eigenvalue weighted by Gasteiger charge is -2.28. The Hall–Kier alpha value is -4.47. The summed E-state index contributed by atoms with van der Waals surface area (Å²) in [5.74, 6) is 1.38. The number of carbonyl (C=O) groups is 2. The quantitative estimate of drug-likeness (QED) is 0.253. The molecule has 39 heavy (non-hydrogen) atoms. The van der Waals surface area contributed by atoms with Crippen LogP contribution < -0.4 is 16.0 Å². The minimum absolute atomic E-state index is 0.118. The fourth-order valence-corrected chi connectivity index (χ4v) is 5.12. The standard InChI is InChI=1S/C29H33N7O3/c1-36-18-21(16-34-36)15-30-27-11-10-22(17-31-27)26-12-24(23-4-2-3-5-25(23)35-26)28(37)32-13-19-6-8-20(9-7-19)14-33-29(38)39/h2-5,10-12,16-20,33H,6-9,13-15H2,1H3,(H,30,31)(H,32,37)(H,38,39). The van der Waals surface area contributed by atoms with E-state index >= 15 is 0 Å². The monoisotopic (exact) mass is 527 g/mol. The van der Waals surface area contributed by atoms with Gasteiger partial charge in [0.05, 0.1) is 23.0 Å². The summed E-state index contributed by atoms with van der Waals surface area (Å²) < 4.78 is 1.76. The van der Waals surface area contributed by atoms with Gasteiger partial charge < -0.3 is 21.1 Å². The van der Waals surface area contributed by atoms with Crippen LogP contribution in [-0.2, 0) is 13.6 Å². The number of carboxylic acid groups (broad SMARTS) is 1.